The van der Waals surface area contributed by atoms with Gasteiger partial charge in [-0.25, -0.2) is 4.79 Å². The second-order valence-electron chi connectivity index (χ2n) is 5.61. The standard InChI is InChI=1S/C19H19NO5/c1-23-19(22)18-9-8-16(25-18)13-20(12-15-6-4-10-24-15)11-14-5-2-3-7-17(14)21/h2-10,21H,11-13H2,1H3. The van der Waals surface area contributed by atoms with Gasteiger partial charge in [0.25, 0.3) is 0 Å². The number of benzene rings is 1. The minimum atomic E-state index is -0.510. The summed E-state index contributed by atoms with van der Waals surface area (Å²) < 4.78 is 15.6. The van der Waals surface area contributed by atoms with Crippen molar-refractivity contribution in [3.63, 3.8) is 0 Å². The van der Waals surface area contributed by atoms with Gasteiger partial charge in [0.05, 0.1) is 26.5 Å². The molecule has 25 heavy (non-hydrogen) atoms. The number of phenols is 1. The predicted molar refractivity (Wildman–Crippen MR) is 89.8 cm³/mol. The third-order valence-corrected chi connectivity index (χ3v) is 3.77. The van der Waals surface area contributed by atoms with Gasteiger partial charge in [-0.1, -0.05) is 18.2 Å². The van der Waals surface area contributed by atoms with Gasteiger partial charge < -0.3 is 18.7 Å². The van der Waals surface area contributed by atoms with Crippen molar-refractivity contribution in [2.75, 3.05) is 7.11 Å². The number of ether oxygens (including phenoxy) is 1. The molecule has 2 heterocycles. The van der Waals surface area contributed by atoms with Gasteiger partial charge in [-0.3, -0.25) is 4.90 Å². The number of carbonyl (C=O) groups excluding carboxylic acids is 1. The van der Waals surface area contributed by atoms with Crippen molar-refractivity contribution in [2.45, 2.75) is 19.6 Å². The number of hydrogen-bond donors (Lipinski definition) is 1. The van der Waals surface area contributed by atoms with Crippen LogP contribution in [-0.2, 0) is 24.4 Å². The summed E-state index contributed by atoms with van der Waals surface area (Å²) in [4.78, 5) is 13.6. The highest BCUT2D eigenvalue weighted by Gasteiger charge is 2.16. The van der Waals surface area contributed by atoms with E-state index in [0.717, 1.165) is 11.3 Å². The molecule has 0 fully saturated rings. The van der Waals surface area contributed by atoms with Gasteiger partial charge in [-0.05, 0) is 30.3 Å². The third kappa shape index (κ3) is 4.30. The number of phenolic OH excluding ortho intramolecular Hbond substituents is 1. The van der Waals surface area contributed by atoms with Crippen LogP contribution in [0.25, 0.3) is 0 Å². The van der Waals surface area contributed by atoms with Crippen LogP contribution in [0, 0.1) is 0 Å². The lowest BCUT2D eigenvalue weighted by molar-refractivity contribution is 0.0560. The number of rotatable bonds is 7. The topological polar surface area (TPSA) is 76.0 Å². The molecule has 0 unspecified atom stereocenters. The second-order valence-corrected chi connectivity index (χ2v) is 5.61. The van der Waals surface area contributed by atoms with E-state index in [1.807, 2.05) is 29.2 Å². The van der Waals surface area contributed by atoms with Crippen LogP contribution in [0.15, 0.2) is 63.6 Å². The summed E-state index contributed by atoms with van der Waals surface area (Å²) in [6, 6.07) is 14.2. The summed E-state index contributed by atoms with van der Waals surface area (Å²) in [7, 11) is 1.31. The largest absolute Gasteiger partial charge is 0.508 e. The molecule has 3 aromatic rings. The quantitative estimate of drug-likeness (QED) is 0.662. The van der Waals surface area contributed by atoms with Crippen LogP contribution in [-0.4, -0.2) is 23.1 Å². The molecular formula is C19H19NO5. The van der Waals surface area contributed by atoms with Crippen molar-refractivity contribution in [3.05, 3.63) is 77.6 Å². The molecule has 0 atom stereocenters. The Hall–Kier alpha value is -2.99. The highest BCUT2D eigenvalue weighted by Crippen LogP contribution is 2.21. The summed E-state index contributed by atoms with van der Waals surface area (Å²) in [5.74, 6) is 1.32. The minimum Gasteiger partial charge on any atom is -0.508 e. The smallest absolute Gasteiger partial charge is 0.373 e. The Labute approximate surface area is 145 Å². The van der Waals surface area contributed by atoms with Crippen molar-refractivity contribution in [1.82, 2.24) is 4.90 Å². The molecule has 0 saturated heterocycles. The highest BCUT2D eigenvalue weighted by molar-refractivity contribution is 5.86. The molecular weight excluding hydrogens is 322 g/mol. The molecule has 3 rings (SSSR count). The number of esters is 1. The van der Waals surface area contributed by atoms with Crippen LogP contribution in [0.2, 0.25) is 0 Å². The molecule has 1 aromatic carbocycles. The maximum atomic E-state index is 11.5. The number of hydrogen-bond acceptors (Lipinski definition) is 6. The zero-order valence-electron chi connectivity index (χ0n) is 13.8. The van der Waals surface area contributed by atoms with Gasteiger partial charge in [-0.2, -0.15) is 0 Å². The Morgan fingerprint density at radius 1 is 1.04 bits per heavy atom. The van der Waals surface area contributed by atoms with Crippen molar-refractivity contribution >= 4 is 5.97 Å². The minimum absolute atomic E-state index is 0.165. The Bertz CT molecular complexity index is 822. The molecule has 6 heteroatoms. The maximum absolute atomic E-state index is 11.5. The van der Waals surface area contributed by atoms with Crippen LogP contribution in [0.5, 0.6) is 5.75 Å². The first-order valence-corrected chi connectivity index (χ1v) is 7.84. The fourth-order valence-corrected chi connectivity index (χ4v) is 2.57. The van der Waals surface area contributed by atoms with Gasteiger partial charge in [0.1, 0.15) is 17.3 Å². The van der Waals surface area contributed by atoms with Crippen molar-refractivity contribution in [1.29, 1.82) is 0 Å². The predicted octanol–water partition coefficient (Wildman–Crippen LogP) is 3.57. The summed E-state index contributed by atoms with van der Waals surface area (Å²) in [6.45, 7) is 1.49. The number of nitrogens with zero attached hydrogens (tertiary/aromatic N) is 1. The molecule has 0 aliphatic carbocycles. The molecule has 2 aromatic heterocycles. The first-order valence-electron chi connectivity index (χ1n) is 7.84. The van der Waals surface area contributed by atoms with Crippen LogP contribution in [0.3, 0.4) is 0 Å². The van der Waals surface area contributed by atoms with E-state index in [2.05, 4.69) is 4.74 Å². The molecule has 0 saturated carbocycles. The van der Waals surface area contributed by atoms with Gasteiger partial charge in [0, 0.05) is 12.1 Å². The molecule has 6 nitrogen and oxygen atoms in total. The summed E-state index contributed by atoms with van der Waals surface area (Å²) in [6.07, 6.45) is 1.62. The number of furan rings is 2. The summed E-state index contributed by atoms with van der Waals surface area (Å²) >= 11 is 0. The third-order valence-electron chi connectivity index (χ3n) is 3.77. The van der Waals surface area contributed by atoms with E-state index >= 15 is 0 Å². The lowest BCUT2D eigenvalue weighted by atomic mass is 10.2. The van der Waals surface area contributed by atoms with Crippen LogP contribution >= 0.6 is 0 Å². The fourth-order valence-electron chi connectivity index (χ4n) is 2.57. The molecule has 0 spiro atoms. The van der Waals surface area contributed by atoms with Crippen molar-refractivity contribution < 1.29 is 23.5 Å². The Balaban J connectivity index is 1.77. The molecule has 0 amide bonds. The monoisotopic (exact) mass is 341 g/mol. The van der Waals surface area contributed by atoms with Crippen LogP contribution in [0.4, 0.5) is 0 Å². The van der Waals surface area contributed by atoms with E-state index in [4.69, 9.17) is 8.83 Å². The first kappa shape index (κ1) is 16.9. The second kappa shape index (κ2) is 7.72. The van der Waals surface area contributed by atoms with E-state index in [1.54, 1.807) is 30.5 Å². The zero-order chi connectivity index (χ0) is 17.6. The normalized spacial score (nSPS) is 11.0. The maximum Gasteiger partial charge on any atom is 0.373 e. The Morgan fingerprint density at radius 3 is 2.56 bits per heavy atom. The Kier molecular flexibility index (Phi) is 5.20. The molecule has 130 valence electrons. The van der Waals surface area contributed by atoms with Gasteiger partial charge in [0.2, 0.25) is 5.76 Å². The SMILES string of the molecule is COC(=O)c1ccc(CN(Cc2ccco2)Cc2ccccc2O)o1. The van der Waals surface area contributed by atoms with E-state index in [-0.39, 0.29) is 11.5 Å². The van der Waals surface area contributed by atoms with Crippen molar-refractivity contribution in [3.8, 4) is 5.75 Å². The van der Waals surface area contributed by atoms with E-state index < -0.39 is 5.97 Å². The van der Waals surface area contributed by atoms with Gasteiger partial charge in [-0.15, -0.1) is 0 Å². The fraction of sp³-hybridized carbons (Fsp3) is 0.211. The lowest BCUT2D eigenvalue weighted by Gasteiger charge is -2.20. The molecule has 0 aliphatic heterocycles. The van der Waals surface area contributed by atoms with Crippen LogP contribution in [0.1, 0.15) is 27.6 Å². The number of para-hydroxylation sites is 1. The average Bonchev–Trinajstić information content (AvgIpc) is 3.28. The van der Waals surface area contributed by atoms with Crippen LogP contribution < -0.4 is 0 Å². The molecule has 1 N–H and O–H groups in total. The number of methoxy groups -OCH3 is 1. The highest BCUT2D eigenvalue weighted by atomic mass is 16.5. The van der Waals surface area contributed by atoms with Crippen molar-refractivity contribution in [2.24, 2.45) is 0 Å². The first-order chi connectivity index (χ1) is 12.2. The summed E-state index contributed by atoms with van der Waals surface area (Å²) in [5, 5.41) is 10.0. The van der Waals surface area contributed by atoms with E-state index in [9.17, 15) is 9.90 Å². The van der Waals surface area contributed by atoms with Gasteiger partial charge in [0.15, 0.2) is 0 Å². The molecule has 0 aliphatic rings. The number of carbonyl (C=O) groups is 1. The Morgan fingerprint density at radius 2 is 1.84 bits per heavy atom. The number of aromatic hydroxyl groups is 1. The van der Waals surface area contributed by atoms with E-state index in [1.165, 1.54) is 7.11 Å². The van der Waals surface area contributed by atoms with E-state index in [0.29, 0.717) is 25.4 Å². The zero-order valence-corrected chi connectivity index (χ0v) is 13.8. The lowest BCUT2D eigenvalue weighted by Crippen LogP contribution is -2.22. The molecule has 0 bridgehead atoms. The molecule has 0 radical (unpaired) electrons. The average molecular weight is 341 g/mol. The summed E-state index contributed by atoms with van der Waals surface area (Å²) in [5.41, 5.74) is 0.800. The van der Waals surface area contributed by atoms with Gasteiger partial charge >= 0.3 is 5.97 Å².